The molecule has 0 spiro atoms. The van der Waals surface area contributed by atoms with Gasteiger partial charge in [0.2, 0.25) is 0 Å². The maximum atomic E-state index is 12.7. The molecule has 0 fully saturated rings. The first-order chi connectivity index (χ1) is 9.06. The van der Waals surface area contributed by atoms with Gasteiger partial charge in [-0.3, -0.25) is 0 Å². The highest BCUT2D eigenvalue weighted by Crippen LogP contribution is 2.43. The molecule has 0 aliphatic rings. The molecule has 1 heterocycles. The number of thiophene rings is 1. The molecule has 1 aromatic rings. The topological polar surface area (TPSA) is 69.7 Å². The third kappa shape index (κ3) is 4.53. The van der Waals surface area contributed by atoms with E-state index in [1.165, 1.54) is 0 Å². The van der Waals surface area contributed by atoms with Gasteiger partial charge < -0.3 is 8.92 Å². The molecule has 0 saturated carbocycles. The number of carbonyl (C=O) groups excluding carboxylic acids is 1. The summed E-state index contributed by atoms with van der Waals surface area (Å²) in [6.07, 6.45) is -4.44. The fourth-order valence-corrected chi connectivity index (χ4v) is 2.63. The Bertz CT molecular complexity index is 593. The van der Waals surface area contributed by atoms with Crippen molar-refractivity contribution in [2.75, 3.05) is 6.61 Å². The van der Waals surface area contributed by atoms with Gasteiger partial charge in [0.1, 0.15) is 5.56 Å². The van der Waals surface area contributed by atoms with Gasteiger partial charge in [-0.1, -0.05) is 6.92 Å². The molecular weight excluding hydrogens is 345 g/mol. The molecule has 0 bridgehead atoms. The molecule has 0 amide bonds. The first-order valence-electron chi connectivity index (χ1n) is 5.06. The van der Waals surface area contributed by atoms with Crippen molar-refractivity contribution in [1.82, 2.24) is 0 Å². The van der Waals surface area contributed by atoms with Crippen LogP contribution in [0.1, 0.15) is 28.6 Å². The summed E-state index contributed by atoms with van der Waals surface area (Å²) >= 11 is 0.360. The molecular formula is C9H8ClF3O5S2. The summed E-state index contributed by atoms with van der Waals surface area (Å²) in [6, 6.07) is 0. The minimum atomic E-state index is -4.89. The van der Waals surface area contributed by atoms with Crippen molar-refractivity contribution >= 4 is 37.3 Å². The van der Waals surface area contributed by atoms with Crippen molar-refractivity contribution < 1.29 is 35.3 Å². The molecule has 0 N–H and O–H groups in total. The number of hydrogen-bond donors (Lipinski definition) is 0. The van der Waals surface area contributed by atoms with Gasteiger partial charge in [0, 0.05) is 5.38 Å². The summed E-state index contributed by atoms with van der Waals surface area (Å²) in [5.41, 5.74) is -1.41. The van der Waals surface area contributed by atoms with E-state index in [0.717, 1.165) is 0 Å². The van der Waals surface area contributed by atoms with Crippen LogP contribution in [0, 0.1) is 0 Å². The van der Waals surface area contributed by atoms with Crippen LogP contribution in [-0.4, -0.2) is 21.0 Å². The predicted molar refractivity (Wildman–Crippen MR) is 65.3 cm³/mol. The van der Waals surface area contributed by atoms with Crippen LogP contribution in [0.4, 0.5) is 13.2 Å². The lowest BCUT2D eigenvalue weighted by atomic mass is 10.2. The van der Waals surface area contributed by atoms with Gasteiger partial charge in [-0.25, -0.2) is 4.79 Å². The van der Waals surface area contributed by atoms with E-state index < -0.39 is 37.7 Å². The average molecular weight is 353 g/mol. The van der Waals surface area contributed by atoms with Crippen molar-refractivity contribution in [2.24, 2.45) is 0 Å². The average Bonchev–Trinajstić information content (AvgIpc) is 2.66. The first-order valence-corrected chi connectivity index (χ1v) is 8.17. The van der Waals surface area contributed by atoms with E-state index in [2.05, 4.69) is 8.92 Å². The standard InChI is InChI=1S/C9H8ClF3O5S2/c1-2-3-17-8(14)7-6(18-20(10,15)16)5(4-19-7)9(11,12)13/h4H,2-3H2,1H3. The summed E-state index contributed by atoms with van der Waals surface area (Å²) in [4.78, 5) is 10.9. The summed E-state index contributed by atoms with van der Waals surface area (Å²) in [7, 11) is 0.0276. The number of rotatable bonds is 5. The maximum Gasteiger partial charge on any atom is 0.420 e. The first kappa shape index (κ1) is 17.1. The SMILES string of the molecule is CCCOC(=O)c1scc(C(F)(F)F)c1OS(=O)(=O)Cl. The zero-order valence-corrected chi connectivity index (χ0v) is 12.3. The van der Waals surface area contributed by atoms with Crippen molar-refractivity contribution in [3.05, 3.63) is 15.8 Å². The van der Waals surface area contributed by atoms with Crippen LogP contribution >= 0.6 is 22.0 Å². The second-order valence-electron chi connectivity index (χ2n) is 3.42. The van der Waals surface area contributed by atoms with Crippen LogP contribution in [0.3, 0.4) is 0 Å². The van der Waals surface area contributed by atoms with Crippen LogP contribution in [0.5, 0.6) is 5.75 Å². The van der Waals surface area contributed by atoms with Crippen LogP contribution in [0.2, 0.25) is 0 Å². The van der Waals surface area contributed by atoms with E-state index in [0.29, 0.717) is 23.1 Å². The Morgan fingerprint density at radius 2 is 2.05 bits per heavy atom. The summed E-state index contributed by atoms with van der Waals surface area (Å²) in [5, 5.41) is 0.555. The van der Waals surface area contributed by atoms with Crippen molar-refractivity contribution in [2.45, 2.75) is 19.5 Å². The molecule has 20 heavy (non-hydrogen) atoms. The summed E-state index contributed by atoms with van der Waals surface area (Å²) in [6.45, 7) is 1.66. The van der Waals surface area contributed by atoms with Gasteiger partial charge in [-0.2, -0.15) is 21.6 Å². The lowest BCUT2D eigenvalue weighted by molar-refractivity contribution is -0.138. The van der Waals surface area contributed by atoms with Gasteiger partial charge in [0.25, 0.3) is 0 Å². The molecule has 0 atom stereocenters. The van der Waals surface area contributed by atoms with E-state index in [1.54, 1.807) is 6.92 Å². The monoisotopic (exact) mass is 352 g/mol. The Balaban J connectivity index is 3.25. The quantitative estimate of drug-likeness (QED) is 0.601. The van der Waals surface area contributed by atoms with Crippen LogP contribution in [0.15, 0.2) is 5.38 Å². The molecule has 0 aliphatic heterocycles. The van der Waals surface area contributed by atoms with Crippen LogP contribution in [-0.2, 0) is 20.2 Å². The van der Waals surface area contributed by atoms with Gasteiger partial charge >= 0.3 is 21.5 Å². The lowest BCUT2D eigenvalue weighted by Crippen LogP contribution is -2.12. The van der Waals surface area contributed by atoms with Gasteiger partial charge in [-0.15, -0.1) is 11.3 Å². The highest BCUT2D eigenvalue weighted by molar-refractivity contribution is 8.10. The summed E-state index contributed by atoms with van der Waals surface area (Å²) < 4.78 is 68.4. The number of halogens is 4. The molecule has 11 heteroatoms. The molecule has 114 valence electrons. The maximum absolute atomic E-state index is 12.7. The molecule has 0 unspecified atom stereocenters. The number of hydrogen-bond acceptors (Lipinski definition) is 6. The Morgan fingerprint density at radius 3 is 2.50 bits per heavy atom. The highest BCUT2D eigenvalue weighted by Gasteiger charge is 2.40. The minimum absolute atomic E-state index is 0.0227. The molecule has 0 aliphatic carbocycles. The van der Waals surface area contributed by atoms with Crippen molar-refractivity contribution in [1.29, 1.82) is 0 Å². The van der Waals surface area contributed by atoms with E-state index >= 15 is 0 Å². The summed E-state index contributed by atoms with van der Waals surface area (Å²) in [5.74, 6) is -2.28. The second-order valence-corrected chi connectivity index (χ2v) is 6.38. The Labute approximate surface area is 120 Å². The fraction of sp³-hybridized carbons (Fsp3) is 0.444. The molecule has 1 rings (SSSR count). The third-order valence-electron chi connectivity index (χ3n) is 1.86. The Kier molecular flexibility index (Phi) is 5.27. The van der Waals surface area contributed by atoms with Crippen molar-refractivity contribution in [3.63, 3.8) is 0 Å². The molecule has 1 aromatic heterocycles. The molecule has 0 aromatic carbocycles. The predicted octanol–water partition coefficient (Wildman–Crippen LogP) is 3.20. The minimum Gasteiger partial charge on any atom is -0.461 e. The number of carbonyl (C=O) groups is 1. The smallest absolute Gasteiger partial charge is 0.420 e. The van der Waals surface area contributed by atoms with E-state index in [4.69, 9.17) is 10.7 Å². The normalized spacial score (nSPS) is 12.2. The van der Waals surface area contributed by atoms with E-state index in [-0.39, 0.29) is 6.61 Å². The highest BCUT2D eigenvalue weighted by atomic mass is 35.7. The largest absolute Gasteiger partial charge is 0.461 e. The molecule has 0 saturated heterocycles. The molecule has 5 nitrogen and oxygen atoms in total. The zero-order chi connectivity index (χ0) is 15.6. The van der Waals surface area contributed by atoms with Gasteiger partial charge in [0.15, 0.2) is 10.6 Å². The van der Waals surface area contributed by atoms with E-state index in [9.17, 15) is 26.4 Å². The van der Waals surface area contributed by atoms with Gasteiger partial charge in [-0.05, 0) is 6.42 Å². The zero-order valence-electron chi connectivity index (χ0n) is 9.86. The Hall–Kier alpha value is -1.00. The van der Waals surface area contributed by atoms with E-state index in [1.807, 2.05) is 0 Å². The Morgan fingerprint density at radius 1 is 1.45 bits per heavy atom. The number of alkyl halides is 3. The van der Waals surface area contributed by atoms with Crippen LogP contribution < -0.4 is 4.18 Å². The fourth-order valence-electron chi connectivity index (χ4n) is 1.13. The molecule has 0 radical (unpaired) electrons. The second kappa shape index (κ2) is 6.19. The third-order valence-corrected chi connectivity index (χ3v) is 3.35. The van der Waals surface area contributed by atoms with Crippen LogP contribution in [0.25, 0.3) is 0 Å². The lowest BCUT2D eigenvalue weighted by Gasteiger charge is -2.09. The number of ether oxygens (including phenoxy) is 1. The number of esters is 1. The van der Waals surface area contributed by atoms with Gasteiger partial charge in [0.05, 0.1) is 17.3 Å². The van der Waals surface area contributed by atoms with Crippen molar-refractivity contribution in [3.8, 4) is 5.75 Å².